The molecule has 0 fully saturated rings. The summed E-state index contributed by atoms with van der Waals surface area (Å²) in [5.41, 5.74) is 7.50. The Morgan fingerprint density at radius 2 is 2.19 bits per heavy atom. The van der Waals surface area contributed by atoms with Crippen LogP contribution in [0.3, 0.4) is 0 Å². The molecule has 0 aliphatic carbocycles. The largest absolute Gasteiger partial charge is 0.399 e. The van der Waals surface area contributed by atoms with Crippen LogP contribution in [0, 0.1) is 0 Å². The number of nitrogens with two attached hydrogens (primary N) is 1. The summed E-state index contributed by atoms with van der Waals surface area (Å²) < 4.78 is 2.98. The lowest BCUT2D eigenvalue weighted by atomic mass is 10.2. The van der Waals surface area contributed by atoms with Crippen molar-refractivity contribution in [2.45, 2.75) is 19.9 Å². The fraction of sp³-hybridized carbons (Fsp3) is 0.273. The molecule has 5 heteroatoms. The van der Waals surface area contributed by atoms with E-state index < -0.39 is 0 Å². The fourth-order valence-electron chi connectivity index (χ4n) is 1.62. The lowest BCUT2D eigenvalue weighted by Gasteiger charge is -2.06. The van der Waals surface area contributed by atoms with E-state index in [4.69, 9.17) is 5.73 Å². The first kappa shape index (κ1) is 11.1. The molecule has 0 saturated heterocycles. The van der Waals surface area contributed by atoms with Crippen LogP contribution < -0.4 is 5.73 Å². The highest BCUT2D eigenvalue weighted by Gasteiger charge is 2.07. The molecule has 1 aromatic carbocycles. The second-order valence-corrected chi connectivity index (χ2v) is 4.54. The van der Waals surface area contributed by atoms with Crippen molar-refractivity contribution in [2.24, 2.45) is 0 Å². The van der Waals surface area contributed by atoms with E-state index in [2.05, 4.69) is 33.1 Å². The summed E-state index contributed by atoms with van der Waals surface area (Å²) >= 11 is 3.42. The van der Waals surface area contributed by atoms with E-state index in [0.29, 0.717) is 0 Å². The minimum absolute atomic E-state index is 0.718. The SMILES string of the molecule is CCCn1cnnc1-c1cc(N)cc(Br)c1. The van der Waals surface area contributed by atoms with Gasteiger partial charge in [0.2, 0.25) is 0 Å². The van der Waals surface area contributed by atoms with E-state index >= 15 is 0 Å². The zero-order valence-corrected chi connectivity index (χ0v) is 10.6. The number of nitrogen functional groups attached to an aromatic ring is 1. The van der Waals surface area contributed by atoms with Crippen molar-refractivity contribution in [1.82, 2.24) is 14.8 Å². The molecule has 0 spiro atoms. The number of aromatic nitrogens is 3. The van der Waals surface area contributed by atoms with E-state index in [0.717, 1.165) is 34.5 Å². The molecule has 0 bridgehead atoms. The summed E-state index contributed by atoms with van der Waals surface area (Å²) in [5, 5.41) is 8.06. The average molecular weight is 281 g/mol. The Morgan fingerprint density at radius 1 is 1.38 bits per heavy atom. The molecule has 1 heterocycles. The van der Waals surface area contributed by atoms with Gasteiger partial charge in [-0.3, -0.25) is 0 Å². The molecule has 0 amide bonds. The summed E-state index contributed by atoms with van der Waals surface area (Å²) in [6.45, 7) is 3.04. The highest BCUT2D eigenvalue weighted by molar-refractivity contribution is 9.10. The maximum absolute atomic E-state index is 5.80. The van der Waals surface area contributed by atoms with Gasteiger partial charge in [0.15, 0.2) is 5.82 Å². The summed E-state index contributed by atoms with van der Waals surface area (Å²) in [5.74, 6) is 0.856. The zero-order valence-electron chi connectivity index (χ0n) is 9.02. The first-order valence-corrected chi connectivity index (χ1v) is 5.94. The molecule has 0 aliphatic heterocycles. The predicted molar refractivity (Wildman–Crippen MR) is 67.9 cm³/mol. The highest BCUT2D eigenvalue weighted by Crippen LogP contribution is 2.24. The second-order valence-electron chi connectivity index (χ2n) is 3.62. The van der Waals surface area contributed by atoms with Gasteiger partial charge >= 0.3 is 0 Å². The van der Waals surface area contributed by atoms with Crippen molar-refractivity contribution in [2.75, 3.05) is 5.73 Å². The topological polar surface area (TPSA) is 56.7 Å². The standard InChI is InChI=1S/C11H13BrN4/c1-2-3-16-7-14-15-11(16)8-4-9(12)6-10(13)5-8/h4-7H,2-3,13H2,1H3. The van der Waals surface area contributed by atoms with Crippen molar-refractivity contribution in [1.29, 1.82) is 0 Å². The first-order valence-electron chi connectivity index (χ1n) is 5.15. The maximum Gasteiger partial charge on any atom is 0.163 e. The van der Waals surface area contributed by atoms with Crippen LogP contribution in [0.5, 0.6) is 0 Å². The van der Waals surface area contributed by atoms with Crippen molar-refractivity contribution in [3.63, 3.8) is 0 Å². The van der Waals surface area contributed by atoms with Crippen molar-refractivity contribution < 1.29 is 0 Å². The number of rotatable bonds is 3. The molecule has 0 saturated carbocycles. The van der Waals surface area contributed by atoms with Crippen LogP contribution in [-0.2, 0) is 6.54 Å². The van der Waals surface area contributed by atoms with Crippen LogP contribution >= 0.6 is 15.9 Å². The van der Waals surface area contributed by atoms with Crippen LogP contribution in [0.4, 0.5) is 5.69 Å². The van der Waals surface area contributed by atoms with E-state index in [1.807, 2.05) is 22.8 Å². The molecule has 0 atom stereocenters. The number of hydrogen-bond acceptors (Lipinski definition) is 3. The van der Waals surface area contributed by atoms with Gasteiger partial charge in [0.1, 0.15) is 6.33 Å². The Labute approximate surface area is 103 Å². The highest BCUT2D eigenvalue weighted by atomic mass is 79.9. The van der Waals surface area contributed by atoms with Crippen LogP contribution in [-0.4, -0.2) is 14.8 Å². The number of halogens is 1. The van der Waals surface area contributed by atoms with Gasteiger partial charge in [0.05, 0.1) is 0 Å². The Hall–Kier alpha value is -1.36. The quantitative estimate of drug-likeness (QED) is 0.880. The van der Waals surface area contributed by atoms with E-state index in [1.54, 1.807) is 6.33 Å². The van der Waals surface area contributed by atoms with Crippen LogP contribution in [0.15, 0.2) is 29.0 Å². The molecule has 0 unspecified atom stereocenters. The number of benzene rings is 1. The maximum atomic E-state index is 5.80. The van der Waals surface area contributed by atoms with Gasteiger partial charge in [0, 0.05) is 22.3 Å². The van der Waals surface area contributed by atoms with Crippen molar-refractivity contribution in [3.8, 4) is 11.4 Å². The molecule has 2 N–H and O–H groups in total. The molecule has 84 valence electrons. The number of aryl methyl sites for hydroxylation is 1. The third-order valence-corrected chi connectivity index (χ3v) is 2.72. The summed E-state index contributed by atoms with van der Waals surface area (Å²) in [6, 6.07) is 5.76. The lowest BCUT2D eigenvalue weighted by Crippen LogP contribution is -1.99. The molecule has 0 radical (unpaired) electrons. The van der Waals surface area contributed by atoms with Gasteiger partial charge in [0.25, 0.3) is 0 Å². The van der Waals surface area contributed by atoms with Crippen molar-refractivity contribution in [3.05, 3.63) is 29.0 Å². The summed E-state index contributed by atoms with van der Waals surface area (Å²) in [7, 11) is 0. The summed E-state index contributed by atoms with van der Waals surface area (Å²) in [6.07, 6.45) is 2.80. The molecule has 4 nitrogen and oxygen atoms in total. The predicted octanol–water partition coefficient (Wildman–Crippen LogP) is 2.70. The second kappa shape index (κ2) is 4.65. The average Bonchev–Trinajstić information content (AvgIpc) is 2.65. The molecule has 0 aliphatic rings. The Kier molecular flexibility index (Phi) is 3.24. The Morgan fingerprint density at radius 3 is 2.88 bits per heavy atom. The van der Waals surface area contributed by atoms with Crippen LogP contribution in [0.25, 0.3) is 11.4 Å². The smallest absolute Gasteiger partial charge is 0.163 e. The Bertz CT molecular complexity index is 472. The molecule has 2 rings (SSSR count). The van der Waals surface area contributed by atoms with E-state index in [1.165, 1.54) is 0 Å². The molecule has 16 heavy (non-hydrogen) atoms. The zero-order chi connectivity index (χ0) is 11.5. The van der Waals surface area contributed by atoms with Crippen LogP contribution in [0.2, 0.25) is 0 Å². The lowest BCUT2D eigenvalue weighted by molar-refractivity contribution is 0.683. The van der Waals surface area contributed by atoms with Crippen molar-refractivity contribution >= 4 is 21.6 Å². The normalized spacial score (nSPS) is 10.6. The monoisotopic (exact) mass is 280 g/mol. The Balaban J connectivity index is 2.45. The number of nitrogens with zero attached hydrogens (tertiary/aromatic N) is 3. The number of hydrogen-bond donors (Lipinski definition) is 1. The van der Waals surface area contributed by atoms with E-state index in [9.17, 15) is 0 Å². The van der Waals surface area contributed by atoms with Gasteiger partial charge in [-0.05, 0) is 24.6 Å². The molecular formula is C11H13BrN4. The van der Waals surface area contributed by atoms with Gasteiger partial charge in [-0.25, -0.2) is 0 Å². The van der Waals surface area contributed by atoms with Crippen LogP contribution in [0.1, 0.15) is 13.3 Å². The third-order valence-electron chi connectivity index (χ3n) is 2.26. The van der Waals surface area contributed by atoms with Gasteiger partial charge < -0.3 is 10.3 Å². The minimum atomic E-state index is 0.718. The molecule has 1 aromatic heterocycles. The van der Waals surface area contributed by atoms with E-state index in [-0.39, 0.29) is 0 Å². The van der Waals surface area contributed by atoms with Gasteiger partial charge in [-0.15, -0.1) is 10.2 Å². The fourth-order valence-corrected chi connectivity index (χ4v) is 2.14. The third kappa shape index (κ3) is 2.24. The van der Waals surface area contributed by atoms with Gasteiger partial charge in [-0.2, -0.15) is 0 Å². The van der Waals surface area contributed by atoms with Gasteiger partial charge in [-0.1, -0.05) is 22.9 Å². The molecule has 2 aromatic rings. The minimum Gasteiger partial charge on any atom is -0.399 e. The number of anilines is 1. The summed E-state index contributed by atoms with van der Waals surface area (Å²) in [4.78, 5) is 0. The first-order chi connectivity index (χ1) is 7.70. The molecular weight excluding hydrogens is 268 g/mol.